The molecule has 0 heterocycles. The first-order valence-electron chi connectivity index (χ1n) is 7.42. The Hall–Kier alpha value is -2.77. The normalized spacial score (nSPS) is 9.92. The van der Waals surface area contributed by atoms with Gasteiger partial charge in [0, 0.05) is 19.4 Å². The van der Waals surface area contributed by atoms with Crippen molar-refractivity contribution in [2.75, 3.05) is 20.8 Å². The fraction of sp³-hybridized carbons (Fsp3) is 0.438. The van der Waals surface area contributed by atoms with Crippen molar-refractivity contribution in [2.24, 2.45) is 0 Å². The van der Waals surface area contributed by atoms with E-state index in [1.54, 1.807) is 18.2 Å². The highest BCUT2D eigenvalue weighted by molar-refractivity contribution is 5.85. The maximum absolute atomic E-state index is 11.7. The number of ketones is 1. The van der Waals surface area contributed by atoms with Crippen molar-refractivity contribution in [2.45, 2.75) is 25.8 Å². The van der Waals surface area contributed by atoms with E-state index < -0.39 is 12.0 Å². The molecule has 24 heavy (non-hydrogen) atoms. The highest BCUT2D eigenvalue weighted by atomic mass is 16.5. The topological polar surface area (TPSA) is 114 Å². The van der Waals surface area contributed by atoms with Crippen LogP contribution in [0.1, 0.15) is 24.8 Å². The molecule has 3 N–H and O–H groups in total. The largest absolute Gasteiger partial charge is 0.493 e. The van der Waals surface area contributed by atoms with Crippen LogP contribution in [0, 0.1) is 0 Å². The van der Waals surface area contributed by atoms with Crippen molar-refractivity contribution < 1.29 is 29.0 Å². The molecular formula is C16H22N2O6. The van der Waals surface area contributed by atoms with Gasteiger partial charge in [-0.05, 0) is 24.1 Å². The second-order valence-electron chi connectivity index (χ2n) is 5.01. The van der Waals surface area contributed by atoms with Gasteiger partial charge in [0.25, 0.3) is 0 Å². The minimum atomic E-state index is -0.941. The van der Waals surface area contributed by atoms with E-state index in [0.717, 1.165) is 5.56 Å². The van der Waals surface area contributed by atoms with Crippen molar-refractivity contribution in [3.63, 3.8) is 0 Å². The van der Waals surface area contributed by atoms with E-state index in [0.29, 0.717) is 11.5 Å². The number of nitrogens with one attached hydrogen (secondary N) is 2. The van der Waals surface area contributed by atoms with Crippen molar-refractivity contribution in [1.29, 1.82) is 0 Å². The standard InChI is InChI=1S/C16H22N2O6/c1-23-13-7-6-11(8-14(13)24-2)9-17-16(22)18-10-12(19)4-3-5-15(20)21/h6-8H,3-5,9-10H2,1-2H3,(H,20,21)(H2,17,18,22). The molecule has 8 heteroatoms. The third-order valence-electron chi connectivity index (χ3n) is 3.19. The molecule has 0 aliphatic carbocycles. The van der Waals surface area contributed by atoms with Crippen LogP contribution in [0.5, 0.6) is 11.5 Å². The van der Waals surface area contributed by atoms with Gasteiger partial charge in [-0.1, -0.05) is 6.07 Å². The number of hydrogen-bond donors (Lipinski definition) is 3. The summed E-state index contributed by atoms with van der Waals surface area (Å²) in [7, 11) is 3.06. The highest BCUT2D eigenvalue weighted by Crippen LogP contribution is 2.27. The first-order valence-corrected chi connectivity index (χ1v) is 7.42. The summed E-state index contributed by atoms with van der Waals surface area (Å²) < 4.78 is 10.3. The number of carbonyl (C=O) groups is 3. The lowest BCUT2D eigenvalue weighted by atomic mass is 10.2. The Morgan fingerprint density at radius 2 is 1.75 bits per heavy atom. The van der Waals surface area contributed by atoms with Gasteiger partial charge in [-0.25, -0.2) is 4.79 Å². The third-order valence-corrected chi connectivity index (χ3v) is 3.19. The molecule has 1 aromatic carbocycles. The monoisotopic (exact) mass is 338 g/mol. The number of carboxylic acid groups (broad SMARTS) is 1. The quantitative estimate of drug-likeness (QED) is 0.593. The summed E-state index contributed by atoms with van der Waals surface area (Å²) in [5.41, 5.74) is 0.815. The molecule has 0 spiro atoms. The third kappa shape index (κ3) is 6.99. The summed E-state index contributed by atoms with van der Waals surface area (Å²) in [6.45, 7) is 0.136. The first kappa shape index (κ1) is 19.3. The Kier molecular flexibility index (Phi) is 8.10. The molecule has 0 aromatic heterocycles. The number of benzene rings is 1. The summed E-state index contributed by atoms with van der Waals surface area (Å²) in [5.74, 6) is 0.00409. The van der Waals surface area contributed by atoms with Crippen LogP contribution in [-0.2, 0) is 16.1 Å². The van der Waals surface area contributed by atoms with Gasteiger partial charge in [0.15, 0.2) is 17.3 Å². The molecule has 0 aliphatic heterocycles. The number of carbonyl (C=O) groups excluding carboxylic acids is 2. The zero-order valence-electron chi connectivity index (χ0n) is 13.8. The Balaban J connectivity index is 2.33. The number of aliphatic carboxylic acids is 1. The Morgan fingerprint density at radius 1 is 1.04 bits per heavy atom. The lowest BCUT2D eigenvalue weighted by molar-refractivity contribution is -0.137. The van der Waals surface area contributed by atoms with Crippen LogP contribution in [0.2, 0.25) is 0 Å². The van der Waals surface area contributed by atoms with Gasteiger partial charge in [-0.15, -0.1) is 0 Å². The van der Waals surface area contributed by atoms with Crippen LogP contribution in [0.4, 0.5) is 4.79 Å². The lowest BCUT2D eigenvalue weighted by Crippen LogP contribution is -2.38. The van der Waals surface area contributed by atoms with Gasteiger partial charge < -0.3 is 25.2 Å². The molecule has 0 atom stereocenters. The van der Waals surface area contributed by atoms with E-state index >= 15 is 0 Å². The van der Waals surface area contributed by atoms with E-state index in [2.05, 4.69) is 10.6 Å². The number of ether oxygens (including phenoxy) is 2. The van der Waals surface area contributed by atoms with Crippen LogP contribution in [0.15, 0.2) is 18.2 Å². The maximum atomic E-state index is 11.7. The number of carboxylic acids is 1. The van der Waals surface area contributed by atoms with Crippen LogP contribution < -0.4 is 20.1 Å². The number of amides is 2. The summed E-state index contributed by atoms with van der Waals surface area (Å²) in [6, 6.07) is 4.80. The van der Waals surface area contributed by atoms with E-state index in [1.807, 2.05) is 0 Å². The molecule has 0 bridgehead atoms. The Morgan fingerprint density at radius 3 is 2.38 bits per heavy atom. The first-order chi connectivity index (χ1) is 11.5. The van der Waals surface area contributed by atoms with Crippen LogP contribution >= 0.6 is 0 Å². The number of urea groups is 1. The molecule has 0 saturated heterocycles. The summed E-state index contributed by atoms with van der Waals surface area (Å²) in [6.07, 6.45) is 0.336. The summed E-state index contributed by atoms with van der Waals surface area (Å²) in [4.78, 5) is 33.5. The van der Waals surface area contributed by atoms with Crippen molar-refractivity contribution in [3.8, 4) is 11.5 Å². The SMILES string of the molecule is COc1ccc(CNC(=O)NCC(=O)CCCC(=O)O)cc1OC. The summed E-state index contributed by atoms with van der Waals surface area (Å²) >= 11 is 0. The fourth-order valence-electron chi connectivity index (χ4n) is 1.94. The molecule has 1 rings (SSSR count). The van der Waals surface area contributed by atoms with Gasteiger partial charge in [0.05, 0.1) is 20.8 Å². The Bertz CT molecular complexity index is 588. The zero-order chi connectivity index (χ0) is 17.9. The average molecular weight is 338 g/mol. The number of hydrogen-bond acceptors (Lipinski definition) is 5. The predicted octanol–water partition coefficient (Wildman–Crippen LogP) is 1.33. The van der Waals surface area contributed by atoms with Gasteiger partial charge in [0.1, 0.15) is 0 Å². The second-order valence-corrected chi connectivity index (χ2v) is 5.01. The van der Waals surface area contributed by atoms with Gasteiger partial charge in [-0.2, -0.15) is 0 Å². The molecule has 0 saturated carbocycles. The molecule has 2 amide bonds. The molecule has 0 radical (unpaired) electrons. The van der Waals surface area contributed by atoms with E-state index in [4.69, 9.17) is 14.6 Å². The number of methoxy groups -OCH3 is 2. The number of rotatable bonds is 10. The van der Waals surface area contributed by atoms with E-state index in [-0.39, 0.29) is 38.1 Å². The zero-order valence-corrected chi connectivity index (χ0v) is 13.8. The predicted molar refractivity (Wildman–Crippen MR) is 86.3 cm³/mol. The van der Waals surface area contributed by atoms with Crippen molar-refractivity contribution in [1.82, 2.24) is 10.6 Å². The molecular weight excluding hydrogens is 316 g/mol. The van der Waals surface area contributed by atoms with Gasteiger partial charge in [-0.3, -0.25) is 9.59 Å². The molecule has 8 nitrogen and oxygen atoms in total. The average Bonchev–Trinajstić information content (AvgIpc) is 2.57. The highest BCUT2D eigenvalue weighted by Gasteiger charge is 2.08. The van der Waals surface area contributed by atoms with Gasteiger partial charge in [0.2, 0.25) is 0 Å². The van der Waals surface area contributed by atoms with Crippen LogP contribution in [0.25, 0.3) is 0 Å². The second kappa shape index (κ2) is 10.1. The maximum Gasteiger partial charge on any atom is 0.315 e. The Labute approximate surface area is 140 Å². The molecule has 132 valence electrons. The van der Waals surface area contributed by atoms with Crippen LogP contribution in [-0.4, -0.2) is 43.7 Å². The fourth-order valence-corrected chi connectivity index (χ4v) is 1.94. The van der Waals surface area contributed by atoms with E-state index in [1.165, 1.54) is 14.2 Å². The molecule has 0 aliphatic rings. The molecule has 0 fully saturated rings. The van der Waals surface area contributed by atoms with E-state index in [9.17, 15) is 14.4 Å². The number of Topliss-reactive ketones (excluding diaryl/α,β-unsaturated/α-hetero) is 1. The lowest BCUT2D eigenvalue weighted by Gasteiger charge is -2.11. The summed E-state index contributed by atoms with van der Waals surface area (Å²) in [5, 5.41) is 13.5. The molecule has 1 aromatic rings. The van der Waals surface area contributed by atoms with Crippen molar-refractivity contribution in [3.05, 3.63) is 23.8 Å². The van der Waals surface area contributed by atoms with Gasteiger partial charge >= 0.3 is 12.0 Å². The van der Waals surface area contributed by atoms with Crippen molar-refractivity contribution >= 4 is 17.8 Å². The molecule has 0 unspecified atom stereocenters. The minimum Gasteiger partial charge on any atom is -0.493 e. The smallest absolute Gasteiger partial charge is 0.315 e. The van der Waals surface area contributed by atoms with Crippen LogP contribution in [0.3, 0.4) is 0 Å². The minimum absolute atomic E-state index is 0.0583.